The first kappa shape index (κ1) is 19.4. The molecule has 0 aliphatic rings. The van der Waals surface area contributed by atoms with Gasteiger partial charge in [0, 0.05) is 18.2 Å². The lowest BCUT2D eigenvalue weighted by Crippen LogP contribution is -2.14. The zero-order chi connectivity index (χ0) is 19.3. The van der Waals surface area contributed by atoms with Gasteiger partial charge in [0.1, 0.15) is 0 Å². The van der Waals surface area contributed by atoms with Crippen molar-refractivity contribution in [1.29, 1.82) is 0 Å². The number of hydrogen-bond acceptors (Lipinski definition) is 8. The average molecular weight is 385 g/mol. The molecule has 142 valence electrons. The van der Waals surface area contributed by atoms with Crippen LogP contribution in [0.15, 0.2) is 23.2 Å². The van der Waals surface area contributed by atoms with Crippen molar-refractivity contribution in [3.05, 3.63) is 23.9 Å². The molecule has 0 amide bonds. The van der Waals surface area contributed by atoms with Gasteiger partial charge >= 0.3 is 5.97 Å². The number of ether oxygens (including phenoxy) is 4. The maximum Gasteiger partial charge on any atom is 0.358 e. The van der Waals surface area contributed by atoms with E-state index in [1.54, 1.807) is 6.92 Å². The molecule has 0 unspecified atom stereocenters. The molecule has 11 heteroatoms. The number of nitrogens with zero attached hydrogens (tertiary/aromatic N) is 1. The Morgan fingerprint density at radius 2 is 1.73 bits per heavy atom. The second-order valence-electron chi connectivity index (χ2n) is 4.86. The summed E-state index contributed by atoms with van der Waals surface area (Å²) in [7, 11) is 0.224. The average Bonchev–Trinajstić information content (AvgIpc) is 3.12. The molecular formula is C15H19N3O7S. The number of carbonyl (C=O) groups excluding carboxylic acids is 1. The summed E-state index contributed by atoms with van der Waals surface area (Å²) in [5.41, 5.74) is 0.0314. The first-order valence-corrected chi connectivity index (χ1v) is 8.90. The van der Waals surface area contributed by atoms with Crippen LogP contribution >= 0.6 is 0 Å². The highest BCUT2D eigenvalue weighted by molar-refractivity contribution is 7.92. The SMILES string of the molecule is CCOC(=O)c1cc(S(=O)(=O)Nc2cc(OC)c(OC)c(OC)c2)[nH]n1. The molecule has 0 saturated heterocycles. The Bertz CT molecular complexity index is 867. The van der Waals surface area contributed by atoms with Gasteiger partial charge in [-0.1, -0.05) is 0 Å². The smallest absolute Gasteiger partial charge is 0.358 e. The molecule has 1 aromatic heterocycles. The maximum atomic E-state index is 12.5. The maximum absolute atomic E-state index is 12.5. The lowest BCUT2D eigenvalue weighted by Gasteiger charge is -2.14. The summed E-state index contributed by atoms with van der Waals surface area (Å²) in [6, 6.07) is 3.95. The van der Waals surface area contributed by atoms with Crippen molar-refractivity contribution < 1.29 is 32.2 Å². The van der Waals surface area contributed by atoms with Crippen LogP contribution in [0.3, 0.4) is 0 Å². The Kier molecular flexibility index (Phi) is 5.93. The standard InChI is InChI=1S/C15H19N3O7S/c1-5-25-15(19)10-8-13(17-16-10)26(20,21)18-9-6-11(22-2)14(24-4)12(7-9)23-3/h6-8,18H,5H2,1-4H3,(H,16,17). The molecule has 0 bridgehead atoms. The fourth-order valence-electron chi connectivity index (χ4n) is 2.10. The third kappa shape index (κ3) is 3.99. The lowest BCUT2D eigenvalue weighted by molar-refractivity contribution is 0.0519. The minimum Gasteiger partial charge on any atom is -0.493 e. The van der Waals surface area contributed by atoms with E-state index in [4.69, 9.17) is 18.9 Å². The molecule has 1 aromatic carbocycles. The number of esters is 1. The largest absolute Gasteiger partial charge is 0.493 e. The van der Waals surface area contributed by atoms with Crippen molar-refractivity contribution in [3.63, 3.8) is 0 Å². The van der Waals surface area contributed by atoms with E-state index in [-0.39, 0.29) is 34.5 Å². The number of anilines is 1. The molecule has 0 aliphatic heterocycles. The number of rotatable bonds is 8. The van der Waals surface area contributed by atoms with E-state index in [1.165, 1.54) is 33.5 Å². The van der Waals surface area contributed by atoms with E-state index in [1.807, 2.05) is 0 Å². The second kappa shape index (κ2) is 7.95. The molecule has 1 heterocycles. The van der Waals surface area contributed by atoms with Gasteiger partial charge in [0.25, 0.3) is 10.0 Å². The summed E-state index contributed by atoms with van der Waals surface area (Å²) >= 11 is 0. The minimum atomic E-state index is -4.04. The second-order valence-corrected chi connectivity index (χ2v) is 6.51. The molecular weight excluding hydrogens is 366 g/mol. The first-order chi connectivity index (χ1) is 12.4. The summed E-state index contributed by atoms with van der Waals surface area (Å²) in [5, 5.41) is 5.65. The Labute approximate surface area is 150 Å². The predicted molar refractivity (Wildman–Crippen MR) is 91.5 cm³/mol. The van der Waals surface area contributed by atoms with Crippen LogP contribution in [0.4, 0.5) is 5.69 Å². The third-order valence-electron chi connectivity index (χ3n) is 3.25. The van der Waals surface area contributed by atoms with Gasteiger partial charge in [-0.3, -0.25) is 9.82 Å². The van der Waals surface area contributed by atoms with Crippen LogP contribution in [0.5, 0.6) is 17.2 Å². The van der Waals surface area contributed by atoms with Crippen LogP contribution in [-0.4, -0.2) is 52.5 Å². The highest BCUT2D eigenvalue weighted by Crippen LogP contribution is 2.40. The molecule has 10 nitrogen and oxygen atoms in total. The molecule has 2 rings (SSSR count). The molecule has 0 saturated carbocycles. The fraction of sp³-hybridized carbons (Fsp3) is 0.333. The summed E-state index contributed by atoms with van der Waals surface area (Å²) < 4.78 is 47.7. The van der Waals surface area contributed by atoms with Crippen molar-refractivity contribution in [2.75, 3.05) is 32.7 Å². The van der Waals surface area contributed by atoms with Crippen molar-refractivity contribution in [3.8, 4) is 17.2 Å². The summed E-state index contributed by atoms with van der Waals surface area (Å²) in [4.78, 5) is 11.6. The van der Waals surface area contributed by atoms with Crippen LogP contribution in [0.2, 0.25) is 0 Å². The molecule has 0 fully saturated rings. The van der Waals surface area contributed by atoms with Crippen molar-refractivity contribution in [2.24, 2.45) is 0 Å². The van der Waals surface area contributed by atoms with E-state index in [2.05, 4.69) is 14.9 Å². The van der Waals surface area contributed by atoms with Crippen LogP contribution in [0, 0.1) is 0 Å². The highest BCUT2D eigenvalue weighted by Gasteiger charge is 2.22. The zero-order valence-corrected chi connectivity index (χ0v) is 15.5. The summed E-state index contributed by atoms with van der Waals surface area (Å²) in [6.45, 7) is 1.78. The topological polar surface area (TPSA) is 129 Å². The van der Waals surface area contributed by atoms with E-state index in [0.717, 1.165) is 6.07 Å². The molecule has 2 aromatic rings. The van der Waals surface area contributed by atoms with E-state index >= 15 is 0 Å². The molecule has 0 atom stereocenters. The molecule has 0 aliphatic carbocycles. The highest BCUT2D eigenvalue weighted by atomic mass is 32.2. The van der Waals surface area contributed by atoms with E-state index in [0.29, 0.717) is 5.75 Å². The normalized spacial score (nSPS) is 10.9. The number of aromatic nitrogens is 2. The predicted octanol–water partition coefficient (Wildman–Crippen LogP) is 1.41. The van der Waals surface area contributed by atoms with E-state index in [9.17, 15) is 13.2 Å². The molecule has 2 N–H and O–H groups in total. The van der Waals surface area contributed by atoms with Crippen LogP contribution in [0.25, 0.3) is 0 Å². The molecule has 0 radical (unpaired) electrons. The number of sulfonamides is 1. The fourth-order valence-corrected chi connectivity index (χ4v) is 3.07. The number of methoxy groups -OCH3 is 3. The zero-order valence-electron chi connectivity index (χ0n) is 14.7. The van der Waals surface area contributed by atoms with Gasteiger partial charge in [-0.25, -0.2) is 4.79 Å². The Hall–Kier alpha value is -2.95. The molecule has 26 heavy (non-hydrogen) atoms. The summed E-state index contributed by atoms with van der Waals surface area (Å²) in [6.07, 6.45) is 0. The van der Waals surface area contributed by atoms with Crippen molar-refractivity contribution in [2.45, 2.75) is 11.9 Å². The van der Waals surface area contributed by atoms with Crippen LogP contribution < -0.4 is 18.9 Å². The third-order valence-corrected chi connectivity index (χ3v) is 4.54. The number of benzene rings is 1. The van der Waals surface area contributed by atoms with Gasteiger partial charge in [0.2, 0.25) is 5.75 Å². The van der Waals surface area contributed by atoms with Crippen LogP contribution in [-0.2, 0) is 14.8 Å². The van der Waals surface area contributed by atoms with Gasteiger partial charge in [-0.15, -0.1) is 0 Å². The number of nitrogens with one attached hydrogen (secondary N) is 2. The van der Waals surface area contributed by atoms with Crippen molar-refractivity contribution in [1.82, 2.24) is 10.2 Å². The first-order valence-electron chi connectivity index (χ1n) is 7.41. The van der Waals surface area contributed by atoms with Gasteiger partial charge in [-0.05, 0) is 6.92 Å². The Balaban J connectivity index is 2.33. The van der Waals surface area contributed by atoms with Gasteiger partial charge in [-0.2, -0.15) is 13.5 Å². The summed E-state index contributed by atoms with van der Waals surface area (Å²) in [5.74, 6) is 0.157. The number of hydrogen-bond donors (Lipinski definition) is 2. The number of carbonyl (C=O) groups is 1. The minimum absolute atomic E-state index is 0.142. The van der Waals surface area contributed by atoms with Gasteiger partial charge in [0.15, 0.2) is 22.2 Å². The van der Waals surface area contributed by atoms with Gasteiger partial charge in [0.05, 0.1) is 33.6 Å². The van der Waals surface area contributed by atoms with Crippen molar-refractivity contribution >= 4 is 21.7 Å². The Morgan fingerprint density at radius 1 is 1.12 bits per heavy atom. The van der Waals surface area contributed by atoms with E-state index < -0.39 is 16.0 Å². The lowest BCUT2D eigenvalue weighted by atomic mass is 10.2. The van der Waals surface area contributed by atoms with Gasteiger partial charge < -0.3 is 18.9 Å². The molecule has 0 spiro atoms. The number of H-pyrrole nitrogens is 1. The Morgan fingerprint density at radius 3 is 2.23 bits per heavy atom. The van der Waals surface area contributed by atoms with Crippen LogP contribution in [0.1, 0.15) is 17.4 Å². The number of aromatic amines is 1. The monoisotopic (exact) mass is 385 g/mol. The quantitative estimate of drug-likeness (QED) is 0.653.